The molecule has 0 radical (unpaired) electrons. The molecule has 1 saturated heterocycles. The van der Waals surface area contributed by atoms with Gasteiger partial charge in [-0.1, -0.05) is 25.0 Å². The second kappa shape index (κ2) is 8.84. The maximum atomic E-state index is 12.6. The smallest absolute Gasteiger partial charge is 0.308 e. The number of amides is 2. The van der Waals surface area contributed by atoms with Gasteiger partial charge in [0.25, 0.3) is 11.8 Å². The van der Waals surface area contributed by atoms with Gasteiger partial charge in [0.1, 0.15) is 5.75 Å². The van der Waals surface area contributed by atoms with Gasteiger partial charge in [0.15, 0.2) is 13.2 Å². The van der Waals surface area contributed by atoms with Crippen LogP contribution in [-0.4, -0.2) is 55.0 Å². The molecule has 7 nitrogen and oxygen atoms in total. The highest BCUT2D eigenvalue weighted by Crippen LogP contribution is 2.35. The summed E-state index contributed by atoms with van der Waals surface area (Å²) in [5, 5.41) is 0. The molecule has 0 bridgehead atoms. The molecular weight excluding hydrogens is 372 g/mol. The van der Waals surface area contributed by atoms with Gasteiger partial charge in [-0.25, -0.2) is 0 Å². The molecule has 1 aromatic rings. The average molecular weight is 400 g/mol. The van der Waals surface area contributed by atoms with Crippen molar-refractivity contribution in [1.82, 2.24) is 4.90 Å². The van der Waals surface area contributed by atoms with Crippen LogP contribution < -0.4 is 9.64 Å². The monoisotopic (exact) mass is 400 g/mol. The molecule has 4 rings (SSSR count). The number of anilines is 1. The highest BCUT2D eigenvalue weighted by molar-refractivity contribution is 5.98. The number of carbonyl (C=O) groups excluding carboxylic acids is 3. The van der Waals surface area contributed by atoms with Crippen LogP contribution in [0.25, 0.3) is 0 Å². The maximum Gasteiger partial charge on any atom is 0.308 e. The van der Waals surface area contributed by atoms with E-state index >= 15 is 0 Å². The van der Waals surface area contributed by atoms with Crippen molar-refractivity contribution in [3.05, 3.63) is 24.3 Å². The number of esters is 1. The Morgan fingerprint density at radius 1 is 1.10 bits per heavy atom. The molecule has 7 heteroatoms. The first-order valence-electron chi connectivity index (χ1n) is 10.6. The summed E-state index contributed by atoms with van der Waals surface area (Å²) < 4.78 is 10.7. The second-order valence-electron chi connectivity index (χ2n) is 8.05. The van der Waals surface area contributed by atoms with Crippen LogP contribution in [0.5, 0.6) is 5.75 Å². The number of benzene rings is 1. The summed E-state index contributed by atoms with van der Waals surface area (Å²) >= 11 is 0. The molecule has 0 N–H and O–H groups in total. The number of hydrogen-bond donors (Lipinski definition) is 0. The Hall–Kier alpha value is -2.57. The number of nitrogens with zero attached hydrogens (tertiary/aromatic N) is 2. The highest BCUT2D eigenvalue weighted by atomic mass is 16.5. The van der Waals surface area contributed by atoms with Crippen molar-refractivity contribution in [3.8, 4) is 5.75 Å². The lowest BCUT2D eigenvalue weighted by Gasteiger charge is -2.44. The van der Waals surface area contributed by atoms with Crippen LogP contribution in [0.3, 0.4) is 0 Å². The van der Waals surface area contributed by atoms with E-state index in [1.54, 1.807) is 17.0 Å². The lowest BCUT2D eigenvalue weighted by Crippen LogP contribution is -2.51. The molecule has 2 atom stereocenters. The number of piperidine rings is 1. The van der Waals surface area contributed by atoms with Crippen molar-refractivity contribution >= 4 is 23.5 Å². The van der Waals surface area contributed by atoms with E-state index in [0.29, 0.717) is 23.4 Å². The largest absolute Gasteiger partial charge is 0.482 e. The molecule has 2 amide bonds. The zero-order valence-electron chi connectivity index (χ0n) is 16.7. The van der Waals surface area contributed by atoms with Gasteiger partial charge in [0, 0.05) is 19.1 Å². The summed E-state index contributed by atoms with van der Waals surface area (Å²) in [6.07, 6.45) is 6.94. The summed E-state index contributed by atoms with van der Waals surface area (Å²) in [5.41, 5.74) is 0.657. The summed E-state index contributed by atoms with van der Waals surface area (Å²) in [4.78, 5) is 40.5. The molecule has 3 aliphatic rings. The zero-order valence-corrected chi connectivity index (χ0v) is 16.7. The first-order valence-corrected chi connectivity index (χ1v) is 10.6. The third-order valence-corrected chi connectivity index (χ3v) is 6.27. The van der Waals surface area contributed by atoms with Gasteiger partial charge in [-0.15, -0.1) is 0 Å². The Morgan fingerprint density at radius 3 is 2.79 bits per heavy atom. The third kappa shape index (κ3) is 4.38. The predicted molar refractivity (Wildman–Crippen MR) is 107 cm³/mol. The van der Waals surface area contributed by atoms with E-state index in [1.165, 1.54) is 25.7 Å². The Labute approximate surface area is 170 Å². The topological polar surface area (TPSA) is 76.1 Å². The average Bonchev–Trinajstić information content (AvgIpc) is 2.76. The minimum atomic E-state index is -0.465. The molecule has 0 spiro atoms. The summed E-state index contributed by atoms with van der Waals surface area (Å²) in [5.74, 6) is 0.478. The Bertz CT molecular complexity index is 778. The van der Waals surface area contributed by atoms with E-state index in [9.17, 15) is 14.4 Å². The number of carbonyl (C=O) groups is 3. The fraction of sp³-hybridized carbons (Fsp3) is 0.591. The lowest BCUT2D eigenvalue weighted by molar-refractivity contribution is -0.154. The Balaban J connectivity index is 1.27. The summed E-state index contributed by atoms with van der Waals surface area (Å²) in [6.45, 7) is 0.717. The van der Waals surface area contributed by atoms with Crippen molar-refractivity contribution < 1.29 is 23.9 Å². The first-order chi connectivity index (χ1) is 14.1. The maximum absolute atomic E-state index is 12.6. The van der Waals surface area contributed by atoms with Gasteiger partial charge >= 0.3 is 5.97 Å². The zero-order chi connectivity index (χ0) is 20.2. The van der Waals surface area contributed by atoms with Crippen molar-refractivity contribution in [3.63, 3.8) is 0 Å². The molecule has 2 heterocycles. The van der Waals surface area contributed by atoms with Crippen LogP contribution >= 0.6 is 0 Å². The van der Waals surface area contributed by atoms with Gasteiger partial charge in [0.05, 0.1) is 12.1 Å². The van der Waals surface area contributed by atoms with Gasteiger partial charge < -0.3 is 19.3 Å². The van der Waals surface area contributed by atoms with Gasteiger partial charge in [-0.3, -0.25) is 14.4 Å². The molecule has 0 aromatic heterocycles. The normalized spacial score (nSPS) is 23.7. The summed E-state index contributed by atoms with van der Waals surface area (Å²) in [6, 6.07) is 7.55. The van der Waals surface area contributed by atoms with Crippen LogP contribution in [0.1, 0.15) is 44.9 Å². The number of rotatable bonds is 5. The molecule has 1 aliphatic carbocycles. The standard InChI is InChI=1S/C22H28N2O5/c25-20-14-28-19-10-4-3-9-18(19)24(20)13-11-22(27)29-15-21(26)23-12-5-7-16-6-1-2-8-17(16)23/h3-4,9-10,16-17H,1-2,5-8,11-15H2/t16-,17+/m0/s1. The molecular formula is C22H28N2O5. The minimum absolute atomic E-state index is 0.0396. The first kappa shape index (κ1) is 19.7. The van der Waals surface area contributed by atoms with Crippen molar-refractivity contribution in [2.75, 3.05) is 31.2 Å². The number of likely N-dealkylation sites (tertiary alicyclic amines) is 1. The van der Waals surface area contributed by atoms with Crippen LogP contribution in [0.2, 0.25) is 0 Å². The number of para-hydroxylation sites is 2. The molecule has 1 aromatic carbocycles. The number of ether oxygens (including phenoxy) is 2. The van der Waals surface area contributed by atoms with Gasteiger partial charge in [-0.2, -0.15) is 0 Å². The van der Waals surface area contributed by atoms with E-state index in [0.717, 1.165) is 19.4 Å². The fourth-order valence-electron chi connectivity index (χ4n) is 4.83. The van der Waals surface area contributed by atoms with Gasteiger partial charge in [0.2, 0.25) is 0 Å². The van der Waals surface area contributed by atoms with E-state index in [1.807, 2.05) is 17.0 Å². The van der Waals surface area contributed by atoms with E-state index in [4.69, 9.17) is 9.47 Å². The van der Waals surface area contributed by atoms with Crippen LogP contribution in [0.15, 0.2) is 24.3 Å². The van der Waals surface area contributed by atoms with Crippen molar-refractivity contribution in [2.45, 2.75) is 51.0 Å². The molecule has 2 fully saturated rings. The Morgan fingerprint density at radius 2 is 1.90 bits per heavy atom. The van der Waals surface area contributed by atoms with Crippen LogP contribution in [0, 0.1) is 5.92 Å². The predicted octanol–water partition coefficient (Wildman–Crippen LogP) is 2.53. The minimum Gasteiger partial charge on any atom is -0.482 e. The van der Waals surface area contributed by atoms with Crippen LogP contribution in [0.4, 0.5) is 5.69 Å². The number of fused-ring (bicyclic) bond motifs is 2. The fourth-order valence-corrected chi connectivity index (χ4v) is 4.83. The molecule has 156 valence electrons. The Kier molecular flexibility index (Phi) is 6.02. The van der Waals surface area contributed by atoms with E-state index in [-0.39, 0.29) is 38.0 Å². The number of hydrogen-bond acceptors (Lipinski definition) is 5. The third-order valence-electron chi connectivity index (χ3n) is 6.27. The molecule has 2 aliphatic heterocycles. The van der Waals surface area contributed by atoms with Crippen molar-refractivity contribution in [1.29, 1.82) is 0 Å². The summed E-state index contributed by atoms with van der Waals surface area (Å²) in [7, 11) is 0. The lowest BCUT2D eigenvalue weighted by atomic mass is 9.78. The molecule has 1 saturated carbocycles. The SMILES string of the molecule is O=C(CCN1C(=O)COc2ccccc21)OCC(=O)N1CCC[C@@H]2CCCC[C@H]21. The van der Waals surface area contributed by atoms with Gasteiger partial charge in [-0.05, 0) is 43.7 Å². The van der Waals surface area contributed by atoms with E-state index in [2.05, 4.69) is 0 Å². The second-order valence-corrected chi connectivity index (χ2v) is 8.05. The molecule has 0 unspecified atom stereocenters. The quantitative estimate of drug-likeness (QED) is 0.710. The van der Waals surface area contributed by atoms with Crippen molar-refractivity contribution in [2.24, 2.45) is 5.92 Å². The van der Waals surface area contributed by atoms with Crippen LogP contribution in [-0.2, 0) is 19.1 Å². The molecule has 29 heavy (non-hydrogen) atoms. The highest BCUT2D eigenvalue weighted by Gasteiger charge is 2.35. The van der Waals surface area contributed by atoms with E-state index < -0.39 is 5.97 Å².